The summed E-state index contributed by atoms with van der Waals surface area (Å²) in [6, 6.07) is 8.29. The third kappa shape index (κ3) is 2.94. The fourth-order valence-electron chi connectivity index (χ4n) is 5.36. The zero-order valence-corrected chi connectivity index (χ0v) is 17.0. The van der Waals surface area contributed by atoms with Gasteiger partial charge in [-0.1, -0.05) is 19.1 Å². The van der Waals surface area contributed by atoms with E-state index in [1.807, 2.05) is 11.8 Å². The average Bonchev–Trinajstić information content (AvgIpc) is 2.97. The molecule has 1 aliphatic heterocycles. The lowest BCUT2D eigenvalue weighted by molar-refractivity contribution is 0.0926. The van der Waals surface area contributed by atoms with Crippen molar-refractivity contribution >= 4 is 22.7 Å². The van der Waals surface area contributed by atoms with Crippen LogP contribution in [0.4, 0.5) is 0 Å². The minimum absolute atomic E-state index is 0.530. The van der Waals surface area contributed by atoms with E-state index in [1.165, 1.54) is 43.6 Å². The van der Waals surface area contributed by atoms with E-state index in [0.717, 1.165) is 11.8 Å². The lowest BCUT2D eigenvalue weighted by Crippen LogP contribution is -2.50. The summed E-state index contributed by atoms with van der Waals surface area (Å²) in [4.78, 5) is 2.82. The first-order valence-corrected chi connectivity index (χ1v) is 11.4. The highest BCUT2D eigenvalue weighted by atomic mass is 32.2. The van der Waals surface area contributed by atoms with E-state index in [4.69, 9.17) is 0 Å². The van der Waals surface area contributed by atoms with Crippen molar-refractivity contribution in [3.8, 4) is 0 Å². The quantitative estimate of drug-likeness (QED) is 0.716. The van der Waals surface area contributed by atoms with Crippen molar-refractivity contribution in [1.29, 1.82) is 0 Å². The van der Waals surface area contributed by atoms with Crippen molar-refractivity contribution < 1.29 is 0 Å². The fourth-order valence-corrected chi connectivity index (χ4v) is 6.07. The van der Waals surface area contributed by atoms with Gasteiger partial charge < -0.3 is 4.57 Å². The van der Waals surface area contributed by atoms with Gasteiger partial charge in [0, 0.05) is 41.6 Å². The van der Waals surface area contributed by atoms with Crippen LogP contribution in [0.25, 0.3) is 10.9 Å². The lowest BCUT2D eigenvalue weighted by atomic mass is 9.72. The summed E-state index contributed by atoms with van der Waals surface area (Å²) in [6.07, 6.45) is 8.59. The number of aromatic nitrogens is 1. The highest BCUT2D eigenvalue weighted by molar-refractivity contribution is 7.98. The molecule has 2 heterocycles. The Labute approximate surface area is 157 Å². The molecule has 1 aliphatic carbocycles. The summed E-state index contributed by atoms with van der Waals surface area (Å²) in [6.45, 7) is 9.49. The molecule has 2 nitrogen and oxygen atoms in total. The van der Waals surface area contributed by atoms with Crippen LogP contribution in [-0.2, 0) is 6.42 Å². The summed E-state index contributed by atoms with van der Waals surface area (Å²) >= 11 is 2.02. The molecule has 0 radical (unpaired) electrons. The molecule has 4 rings (SSSR count). The molecule has 3 heteroatoms. The monoisotopic (exact) mass is 356 g/mol. The minimum Gasteiger partial charge on any atom is -0.345 e. The van der Waals surface area contributed by atoms with Gasteiger partial charge in [0.15, 0.2) is 0 Å². The maximum atomic E-state index is 2.82. The number of thioether (sulfide) groups is 1. The fraction of sp³-hybridized carbons (Fsp3) is 0.636. The van der Waals surface area contributed by atoms with Gasteiger partial charge in [0.1, 0.15) is 0 Å². The maximum Gasteiger partial charge on any atom is 0.0488 e. The number of likely N-dealkylation sites (tertiary alicyclic amines) is 1. The van der Waals surface area contributed by atoms with E-state index >= 15 is 0 Å². The Kier molecular flexibility index (Phi) is 4.89. The Hall–Kier alpha value is -0.930. The van der Waals surface area contributed by atoms with Gasteiger partial charge in [-0.3, -0.25) is 4.90 Å². The van der Waals surface area contributed by atoms with E-state index in [1.54, 1.807) is 16.5 Å². The second kappa shape index (κ2) is 7.00. The van der Waals surface area contributed by atoms with Gasteiger partial charge in [-0.25, -0.2) is 0 Å². The Bertz CT molecular complexity index is 748. The number of rotatable bonds is 5. The van der Waals surface area contributed by atoms with Crippen LogP contribution < -0.4 is 0 Å². The molecular formula is C22H32N2S. The van der Waals surface area contributed by atoms with Crippen molar-refractivity contribution in [1.82, 2.24) is 9.47 Å². The summed E-state index contributed by atoms with van der Waals surface area (Å²) in [5, 5.41) is 1.58. The first kappa shape index (κ1) is 17.5. The van der Waals surface area contributed by atoms with Crippen LogP contribution in [0, 0.1) is 5.92 Å². The highest BCUT2D eigenvalue weighted by Gasteiger charge is 2.40. The van der Waals surface area contributed by atoms with Crippen LogP contribution >= 0.6 is 11.8 Å². The van der Waals surface area contributed by atoms with Crippen molar-refractivity contribution in [2.24, 2.45) is 5.92 Å². The highest BCUT2D eigenvalue weighted by Crippen LogP contribution is 2.46. The van der Waals surface area contributed by atoms with Crippen molar-refractivity contribution in [2.45, 2.75) is 58.0 Å². The Morgan fingerprint density at radius 1 is 1.28 bits per heavy atom. The van der Waals surface area contributed by atoms with Crippen LogP contribution in [-0.4, -0.2) is 40.6 Å². The topological polar surface area (TPSA) is 8.17 Å². The molecule has 0 N–H and O–H groups in total. The second-order valence-corrected chi connectivity index (χ2v) is 9.24. The molecule has 0 saturated carbocycles. The summed E-state index contributed by atoms with van der Waals surface area (Å²) in [5.41, 5.74) is 4.68. The zero-order valence-electron chi connectivity index (χ0n) is 16.2. The molecule has 1 aromatic heterocycles. The molecule has 0 spiro atoms. The third-order valence-electron chi connectivity index (χ3n) is 6.28. The normalized spacial score (nSPS) is 26.4. The first-order valence-electron chi connectivity index (χ1n) is 9.99. The molecule has 2 aliphatic rings. The summed E-state index contributed by atoms with van der Waals surface area (Å²) < 4.78 is 2.50. The predicted octanol–water partition coefficient (Wildman–Crippen LogP) is 5.33. The maximum absolute atomic E-state index is 2.82. The predicted molar refractivity (Wildman–Crippen MR) is 111 cm³/mol. The van der Waals surface area contributed by atoms with E-state index in [9.17, 15) is 0 Å². The molecule has 0 amide bonds. The van der Waals surface area contributed by atoms with Crippen LogP contribution in [0.3, 0.4) is 0 Å². The number of piperidine rings is 1. The van der Waals surface area contributed by atoms with Crippen LogP contribution in [0.5, 0.6) is 0 Å². The molecule has 3 atom stereocenters. The molecule has 2 aromatic rings. The standard InChI is InChI=1S/C22H32N2S/c1-5-9-23-12-16(14-25-4)10-19-18-7-6-8-20-22(18)17(11-21(19)23)13-24(20)15(2)3/h6-8,13,15-16,19,21H,5,9-12,14H2,1-4H3/t16-,19?,21-/m1/s1. The number of benzene rings is 1. The van der Waals surface area contributed by atoms with Gasteiger partial charge in [0.25, 0.3) is 0 Å². The second-order valence-electron chi connectivity index (χ2n) is 8.33. The number of hydrogen-bond acceptors (Lipinski definition) is 2. The molecule has 1 unspecified atom stereocenters. The van der Waals surface area contributed by atoms with E-state index in [-0.39, 0.29) is 0 Å². The number of hydrogen-bond donors (Lipinski definition) is 0. The van der Waals surface area contributed by atoms with Crippen LogP contribution in [0.2, 0.25) is 0 Å². The average molecular weight is 357 g/mol. The minimum atomic E-state index is 0.530. The first-order chi connectivity index (χ1) is 12.1. The molecule has 1 aromatic carbocycles. The summed E-state index contributed by atoms with van der Waals surface area (Å²) in [7, 11) is 0. The van der Waals surface area contributed by atoms with Crippen molar-refractivity contribution in [3.63, 3.8) is 0 Å². The van der Waals surface area contributed by atoms with Crippen LogP contribution in [0.15, 0.2) is 24.4 Å². The van der Waals surface area contributed by atoms with E-state index < -0.39 is 0 Å². The lowest BCUT2D eigenvalue weighted by Gasteiger charge is -2.47. The number of nitrogens with zero attached hydrogens (tertiary/aromatic N) is 2. The molecule has 1 saturated heterocycles. The van der Waals surface area contributed by atoms with Gasteiger partial charge in [-0.05, 0) is 74.8 Å². The molecule has 25 heavy (non-hydrogen) atoms. The van der Waals surface area contributed by atoms with E-state index in [2.05, 4.69) is 60.9 Å². The zero-order chi connectivity index (χ0) is 17.6. The van der Waals surface area contributed by atoms with Gasteiger partial charge in [-0.2, -0.15) is 11.8 Å². The molecule has 1 fully saturated rings. The van der Waals surface area contributed by atoms with Crippen molar-refractivity contribution in [2.75, 3.05) is 25.1 Å². The smallest absolute Gasteiger partial charge is 0.0488 e. The molecule has 0 bridgehead atoms. The van der Waals surface area contributed by atoms with Gasteiger partial charge in [0.05, 0.1) is 0 Å². The van der Waals surface area contributed by atoms with Crippen LogP contribution in [0.1, 0.15) is 56.7 Å². The number of fused-ring (bicyclic) bond motifs is 2. The summed E-state index contributed by atoms with van der Waals surface area (Å²) in [5.74, 6) is 2.86. The Morgan fingerprint density at radius 2 is 2.12 bits per heavy atom. The molecular weight excluding hydrogens is 324 g/mol. The van der Waals surface area contributed by atoms with Gasteiger partial charge in [0.2, 0.25) is 0 Å². The third-order valence-corrected chi connectivity index (χ3v) is 7.09. The Morgan fingerprint density at radius 3 is 2.84 bits per heavy atom. The molecule has 136 valence electrons. The SMILES string of the molecule is CCCN1C[C@H](CSC)CC2c3cccc4c3c(cn4C(C)C)C[C@H]21. The van der Waals surface area contributed by atoms with E-state index in [0.29, 0.717) is 12.1 Å². The van der Waals surface area contributed by atoms with Gasteiger partial charge >= 0.3 is 0 Å². The largest absolute Gasteiger partial charge is 0.345 e. The van der Waals surface area contributed by atoms with Crippen molar-refractivity contribution in [3.05, 3.63) is 35.5 Å². The van der Waals surface area contributed by atoms with Gasteiger partial charge in [-0.15, -0.1) is 0 Å². The Balaban J connectivity index is 1.80.